The number of halogens is 1. The quantitative estimate of drug-likeness (QED) is 0.892. The number of aromatic nitrogens is 1. The van der Waals surface area contributed by atoms with Gasteiger partial charge in [-0.1, -0.05) is 35.9 Å². The predicted octanol–water partition coefficient (Wildman–Crippen LogP) is 2.99. The highest BCUT2D eigenvalue weighted by Gasteiger charge is 1.96. The van der Waals surface area contributed by atoms with E-state index in [1.54, 1.807) is 6.20 Å². The van der Waals surface area contributed by atoms with Gasteiger partial charge in [-0.3, -0.25) is 4.79 Å². The van der Waals surface area contributed by atoms with Crippen LogP contribution in [0, 0.1) is 0 Å². The fourth-order valence-corrected chi connectivity index (χ4v) is 1.66. The van der Waals surface area contributed by atoms with Crippen molar-refractivity contribution in [3.8, 4) is 5.75 Å². The van der Waals surface area contributed by atoms with Crippen LogP contribution in [0.25, 0.3) is 6.08 Å². The predicted molar refractivity (Wildman–Crippen MR) is 72.9 cm³/mol. The average Bonchev–Trinajstić information content (AvgIpc) is 2.36. The molecule has 0 amide bonds. The van der Waals surface area contributed by atoms with Gasteiger partial charge in [0.2, 0.25) is 0 Å². The summed E-state index contributed by atoms with van der Waals surface area (Å²) >= 11 is 5.79. The Morgan fingerprint density at radius 3 is 2.67 bits per heavy atom. The molecule has 1 aromatic heterocycles. The lowest BCUT2D eigenvalue weighted by atomic mass is 10.1. The summed E-state index contributed by atoms with van der Waals surface area (Å²) in [5.41, 5.74) is 1.41. The summed E-state index contributed by atoms with van der Waals surface area (Å²) in [4.78, 5) is 13.4. The molecule has 0 spiro atoms. The molecule has 3 nitrogen and oxygen atoms in total. The molecule has 1 aromatic carbocycles. The summed E-state index contributed by atoms with van der Waals surface area (Å²) in [6.45, 7) is 0. The molecule has 0 saturated carbocycles. The smallest absolute Gasteiger partial charge is 0.290 e. The summed E-state index contributed by atoms with van der Waals surface area (Å²) < 4.78 is 0. The molecule has 0 aliphatic carbocycles. The van der Waals surface area contributed by atoms with Gasteiger partial charge >= 0.3 is 0 Å². The molecule has 0 saturated heterocycles. The lowest BCUT2D eigenvalue weighted by molar-refractivity contribution is 0.466. The Hall–Kier alpha value is -2.00. The molecule has 1 heterocycles. The van der Waals surface area contributed by atoms with Crippen molar-refractivity contribution in [2.24, 2.45) is 0 Å². The highest BCUT2D eigenvalue weighted by molar-refractivity contribution is 6.30. The van der Waals surface area contributed by atoms with Crippen molar-refractivity contribution < 1.29 is 5.11 Å². The van der Waals surface area contributed by atoms with Gasteiger partial charge in [-0.2, -0.15) is 0 Å². The first kappa shape index (κ1) is 12.5. The molecule has 0 radical (unpaired) electrons. The van der Waals surface area contributed by atoms with Crippen molar-refractivity contribution >= 4 is 17.7 Å². The number of pyridine rings is 1. The normalized spacial score (nSPS) is 10.9. The Bertz CT molecular complexity index is 614. The Balaban J connectivity index is 2.05. The molecule has 2 rings (SSSR count). The highest BCUT2D eigenvalue weighted by Crippen LogP contribution is 2.11. The van der Waals surface area contributed by atoms with E-state index >= 15 is 0 Å². The topological polar surface area (TPSA) is 53.1 Å². The summed E-state index contributed by atoms with van der Waals surface area (Å²) in [6.07, 6.45) is 6.11. The molecule has 0 bridgehead atoms. The van der Waals surface area contributed by atoms with Crippen molar-refractivity contribution in [1.29, 1.82) is 0 Å². The van der Waals surface area contributed by atoms with Crippen LogP contribution in [0.2, 0.25) is 5.02 Å². The molecule has 2 aromatic rings. The summed E-state index contributed by atoms with van der Waals surface area (Å²) in [6, 6.07) is 9.03. The van der Waals surface area contributed by atoms with E-state index in [1.165, 1.54) is 6.07 Å². The lowest BCUT2D eigenvalue weighted by Gasteiger charge is -1.97. The van der Waals surface area contributed by atoms with Crippen LogP contribution in [-0.4, -0.2) is 10.1 Å². The molecule has 2 N–H and O–H groups in total. The Morgan fingerprint density at radius 2 is 2.00 bits per heavy atom. The second kappa shape index (κ2) is 5.56. The third-order valence-electron chi connectivity index (χ3n) is 2.48. The van der Waals surface area contributed by atoms with Gasteiger partial charge in [-0.15, -0.1) is 0 Å². The van der Waals surface area contributed by atoms with Gasteiger partial charge in [0.15, 0.2) is 5.75 Å². The van der Waals surface area contributed by atoms with Gasteiger partial charge in [0.05, 0.1) is 0 Å². The minimum atomic E-state index is -0.482. The number of hydrogen-bond donors (Lipinski definition) is 2. The van der Waals surface area contributed by atoms with Gasteiger partial charge in [-0.25, -0.2) is 0 Å². The first-order chi connectivity index (χ1) is 8.65. The average molecular weight is 262 g/mol. The number of nitrogens with one attached hydrogen (secondary N) is 1. The lowest BCUT2D eigenvalue weighted by Crippen LogP contribution is -2.03. The molecule has 92 valence electrons. The number of hydrogen-bond acceptors (Lipinski definition) is 2. The monoisotopic (exact) mass is 261 g/mol. The van der Waals surface area contributed by atoms with E-state index in [0.29, 0.717) is 5.02 Å². The van der Waals surface area contributed by atoms with Crippen LogP contribution in [0.5, 0.6) is 5.75 Å². The number of H-pyrrole nitrogens is 1. The Labute approximate surface area is 109 Å². The third-order valence-corrected chi connectivity index (χ3v) is 2.74. The van der Waals surface area contributed by atoms with E-state index < -0.39 is 5.56 Å². The maximum Gasteiger partial charge on any atom is 0.290 e. The minimum Gasteiger partial charge on any atom is -0.503 e. The first-order valence-electron chi connectivity index (χ1n) is 5.48. The number of benzene rings is 1. The Kier molecular flexibility index (Phi) is 3.85. The van der Waals surface area contributed by atoms with E-state index in [0.717, 1.165) is 17.5 Å². The zero-order chi connectivity index (χ0) is 13.0. The second-order valence-electron chi connectivity index (χ2n) is 3.88. The van der Waals surface area contributed by atoms with Crippen LogP contribution in [-0.2, 0) is 6.42 Å². The van der Waals surface area contributed by atoms with Gasteiger partial charge in [0.1, 0.15) is 0 Å². The van der Waals surface area contributed by atoms with Gasteiger partial charge in [0, 0.05) is 11.2 Å². The van der Waals surface area contributed by atoms with Gasteiger partial charge in [-0.05, 0) is 35.7 Å². The van der Waals surface area contributed by atoms with Crippen molar-refractivity contribution in [3.05, 3.63) is 69.1 Å². The first-order valence-corrected chi connectivity index (χ1v) is 5.85. The van der Waals surface area contributed by atoms with E-state index in [1.807, 2.05) is 36.4 Å². The van der Waals surface area contributed by atoms with Crippen molar-refractivity contribution in [2.75, 3.05) is 0 Å². The minimum absolute atomic E-state index is 0.274. The molecule has 0 atom stereocenters. The molecule has 4 heteroatoms. The van der Waals surface area contributed by atoms with E-state index in [-0.39, 0.29) is 5.75 Å². The standard InChI is InChI=1S/C14H12ClNO2/c15-12-6-4-10(5-7-12)2-1-3-11-8-13(17)14(18)16-9-11/h1,3-9,17H,2H2,(H,16,18). The number of allylic oxidation sites excluding steroid dienone is 1. The molecule has 0 unspecified atom stereocenters. The van der Waals surface area contributed by atoms with Crippen molar-refractivity contribution in [2.45, 2.75) is 6.42 Å². The number of aromatic hydroxyl groups is 1. The molecular weight excluding hydrogens is 250 g/mol. The Morgan fingerprint density at radius 1 is 1.28 bits per heavy atom. The zero-order valence-corrected chi connectivity index (χ0v) is 10.3. The number of aromatic amines is 1. The number of rotatable bonds is 3. The maximum absolute atomic E-state index is 11.0. The second-order valence-corrected chi connectivity index (χ2v) is 4.32. The van der Waals surface area contributed by atoms with Crippen molar-refractivity contribution in [3.63, 3.8) is 0 Å². The van der Waals surface area contributed by atoms with E-state index in [4.69, 9.17) is 11.6 Å². The highest BCUT2D eigenvalue weighted by atomic mass is 35.5. The summed E-state index contributed by atoms with van der Waals surface area (Å²) in [5.74, 6) is -0.274. The summed E-state index contributed by atoms with van der Waals surface area (Å²) in [7, 11) is 0. The zero-order valence-electron chi connectivity index (χ0n) is 9.56. The fourth-order valence-electron chi connectivity index (χ4n) is 1.54. The van der Waals surface area contributed by atoms with Crippen LogP contribution in [0.15, 0.2) is 47.4 Å². The molecular formula is C14H12ClNO2. The maximum atomic E-state index is 11.0. The van der Waals surface area contributed by atoms with Gasteiger partial charge < -0.3 is 10.1 Å². The molecule has 0 aliphatic heterocycles. The van der Waals surface area contributed by atoms with Crippen molar-refractivity contribution in [1.82, 2.24) is 4.98 Å². The van der Waals surface area contributed by atoms with Crippen LogP contribution in [0.3, 0.4) is 0 Å². The van der Waals surface area contributed by atoms with Gasteiger partial charge in [0.25, 0.3) is 5.56 Å². The molecule has 18 heavy (non-hydrogen) atoms. The van der Waals surface area contributed by atoms with E-state index in [9.17, 15) is 9.90 Å². The fraction of sp³-hybridized carbons (Fsp3) is 0.0714. The molecule has 0 fully saturated rings. The summed E-state index contributed by atoms with van der Waals surface area (Å²) in [5, 5.41) is 9.97. The SMILES string of the molecule is O=c1[nH]cc(C=CCc2ccc(Cl)cc2)cc1O. The third kappa shape index (κ3) is 3.25. The largest absolute Gasteiger partial charge is 0.503 e. The van der Waals surface area contributed by atoms with Crippen LogP contribution >= 0.6 is 11.6 Å². The van der Waals surface area contributed by atoms with E-state index in [2.05, 4.69) is 4.98 Å². The van der Waals surface area contributed by atoms with Crippen LogP contribution in [0.4, 0.5) is 0 Å². The van der Waals surface area contributed by atoms with Crippen LogP contribution < -0.4 is 5.56 Å². The van der Waals surface area contributed by atoms with Crippen LogP contribution in [0.1, 0.15) is 11.1 Å². The molecule has 0 aliphatic rings.